The number of ether oxygens (including phenoxy) is 10. The SMILES string of the molecule is CCC(C)(C)C(=O)OCCOC1OCC(OC2OCC(OC3OCC(C)C(C)C3OC(C)=O)C(C)C2OC(C)=O)C(C)C1OC(C)=O. The second-order valence-corrected chi connectivity index (χ2v) is 13.5. The molecule has 0 radical (unpaired) electrons. The molecule has 270 valence electrons. The van der Waals surface area contributed by atoms with Crippen molar-refractivity contribution in [3.8, 4) is 0 Å². The Labute approximate surface area is 277 Å². The first-order valence-corrected chi connectivity index (χ1v) is 16.5. The first kappa shape index (κ1) is 39.1. The zero-order valence-electron chi connectivity index (χ0n) is 29.4. The van der Waals surface area contributed by atoms with Crippen LogP contribution in [-0.2, 0) is 66.5 Å². The average Bonchev–Trinajstić information content (AvgIpc) is 2.99. The van der Waals surface area contributed by atoms with Crippen molar-refractivity contribution in [2.45, 2.75) is 125 Å². The minimum absolute atomic E-state index is 0.00759. The lowest BCUT2D eigenvalue weighted by atomic mass is 9.88. The number of carbonyl (C=O) groups is 4. The molecule has 14 heteroatoms. The second-order valence-electron chi connectivity index (χ2n) is 13.5. The summed E-state index contributed by atoms with van der Waals surface area (Å²) in [5.74, 6) is -2.51. The minimum atomic E-state index is -0.989. The molecule has 0 N–H and O–H groups in total. The Morgan fingerprint density at radius 2 is 1.06 bits per heavy atom. The van der Waals surface area contributed by atoms with Gasteiger partial charge in [0.15, 0.2) is 37.2 Å². The summed E-state index contributed by atoms with van der Waals surface area (Å²) in [6.07, 6.45) is -5.65. The highest BCUT2D eigenvalue weighted by atomic mass is 16.8. The highest BCUT2D eigenvalue weighted by Gasteiger charge is 2.49. The molecule has 3 aliphatic heterocycles. The lowest BCUT2D eigenvalue weighted by Crippen LogP contribution is -2.58. The van der Waals surface area contributed by atoms with Gasteiger partial charge in [0.05, 0.1) is 44.1 Å². The molecule has 12 unspecified atom stereocenters. The van der Waals surface area contributed by atoms with Crippen LogP contribution in [0.3, 0.4) is 0 Å². The summed E-state index contributed by atoms with van der Waals surface area (Å²) >= 11 is 0. The second kappa shape index (κ2) is 17.3. The first-order valence-electron chi connectivity index (χ1n) is 16.5. The lowest BCUT2D eigenvalue weighted by Gasteiger charge is -2.46. The molecule has 3 saturated heterocycles. The van der Waals surface area contributed by atoms with Crippen LogP contribution >= 0.6 is 0 Å². The van der Waals surface area contributed by atoms with E-state index < -0.39 is 84.5 Å². The average molecular weight is 675 g/mol. The molecule has 14 nitrogen and oxygen atoms in total. The Balaban J connectivity index is 1.65. The molecule has 3 rings (SSSR count). The molecule has 0 bridgehead atoms. The van der Waals surface area contributed by atoms with E-state index in [1.807, 2.05) is 48.5 Å². The van der Waals surface area contributed by atoms with Gasteiger partial charge in [-0.1, -0.05) is 34.6 Å². The van der Waals surface area contributed by atoms with E-state index in [0.29, 0.717) is 13.0 Å². The van der Waals surface area contributed by atoms with Crippen LogP contribution in [0.15, 0.2) is 0 Å². The largest absolute Gasteiger partial charge is 0.463 e. The quantitative estimate of drug-likeness (QED) is 0.159. The fraction of sp³-hybridized carbons (Fsp3) is 0.879. The Morgan fingerprint density at radius 3 is 1.53 bits per heavy atom. The van der Waals surface area contributed by atoms with Gasteiger partial charge in [-0.25, -0.2) is 0 Å². The van der Waals surface area contributed by atoms with Gasteiger partial charge in [-0.05, 0) is 26.2 Å². The molecule has 47 heavy (non-hydrogen) atoms. The van der Waals surface area contributed by atoms with E-state index in [2.05, 4.69) is 0 Å². The lowest BCUT2D eigenvalue weighted by molar-refractivity contribution is -0.335. The van der Waals surface area contributed by atoms with E-state index in [0.717, 1.165) is 0 Å². The molecule has 0 amide bonds. The van der Waals surface area contributed by atoms with Gasteiger partial charge in [0.2, 0.25) is 0 Å². The van der Waals surface area contributed by atoms with Gasteiger partial charge in [-0.3, -0.25) is 19.2 Å². The molecular weight excluding hydrogens is 620 g/mol. The third-order valence-corrected chi connectivity index (χ3v) is 9.36. The maximum absolute atomic E-state index is 12.3. The Kier molecular flexibility index (Phi) is 14.4. The molecule has 0 aromatic carbocycles. The van der Waals surface area contributed by atoms with Crippen LogP contribution in [0.25, 0.3) is 0 Å². The maximum atomic E-state index is 12.3. The summed E-state index contributed by atoms with van der Waals surface area (Å²) < 4.78 is 58.6. The zero-order valence-corrected chi connectivity index (χ0v) is 29.4. The Bertz CT molecular complexity index is 1060. The molecular formula is C33H54O14. The van der Waals surface area contributed by atoms with Gasteiger partial charge < -0.3 is 47.4 Å². The van der Waals surface area contributed by atoms with E-state index >= 15 is 0 Å². The van der Waals surface area contributed by atoms with E-state index in [1.165, 1.54) is 20.8 Å². The summed E-state index contributed by atoms with van der Waals surface area (Å²) in [7, 11) is 0. The van der Waals surface area contributed by atoms with Crippen LogP contribution in [0.2, 0.25) is 0 Å². The van der Waals surface area contributed by atoms with E-state index in [-0.39, 0.29) is 44.2 Å². The molecule has 0 aromatic heterocycles. The number of carbonyl (C=O) groups excluding carboxylic acids is 4. The normalized spacial score (nSPS) is 36.2. The van der Waals surface area contributed by atoms with E-state index in [9.17, 15) is 19.2 Å². The molecule has 0 spiro atoms. The van der Waals surface area contributed by atoms with E-state index in [4.69, 9.17) is 47.4 Å². The Hall–Kier alpha value is -2.36. The van der Waals surface area contributed by atoms with Crippen molar-refractivity contribution in [2.75, 3.05) is 33.0 Å². The van der Waals surface area contributed by atoms with Crippen molar-refractivity contribution in [3.05, 3.63) is 0 Å². The number of rotatable bonds is 13. The molecule has 0 aliphatic carbocycles. The monoisotopic (exact) mass is 674 g/mol. The number of hydrogen-bond acceptors (Lipinski definition) is 14. The summed E-state index contributed by atoms with van der Waals surface area (Å²) in [5, 5.41) is 0. The third kappa shape index (κ3) is 10.6. The van der Waals surface area contributed by atoms with Crippen molar-refractivity contribution in [1.29, 1.82) is 0 Å². The molecule has 0 aromatic rings. The van der Waals surface area contributed by atoms with Gasteiger partial charge in [0.25, 0.3) is 0 Å². The highest BCUT2D eigenvalue weighted by Crippen LogP contribution is 2.35. The summed E-state index contributed by atoms with van der Waals surface area (Å²) in [6, 6.07) is 0. The van der Waals surface area contributed by atoms with Gasteiger partial charge >= 0.3 is 23.9 Å². The third-order valence-electron chi connectivity index (χ3n) is 9.36. The van der Waals surface area contributed by atoms with Gasteiger partial charge in [-0.15, -0.1) is 0 Å². The fourth-order valence-electron chi connectivity index (χ4n) is 5.61. The van der Waals surface area contributed by atoms with Crippen LogP contribution in [-0.4, -0.2) is 106 Å². The summed E-state index contributed by atoms with van der Waals surface area (Å²) in [5.41, 5.74) is -0.608. The predicted octanol–water partition coefficient (Wildman–Crippen LogP) is 3.16. The molecule has 3 heterocycles. The maximum Gasteiger partial charge on any atom is 0.311 e. The standard InChI is InChI=1S/C33H54O14/c1-11-33(9,10)32(37)39-13-12-38-29-27(44-22(7)35)19(4)24(15-41-29)47-31-28(45-23(8)36)20(5)25(16-42-31)46-30-26(43-21(6)34)18(3)17(2)14-40-30/h17-20,24-31H,11-16H2,1-10H3. The Morgan fingerprint density at radius 1 is 0.638 bits per heavy atom. The smallest absolute Gasteiger partial charge is 0.311 e. The van der Waals surface area contributed by atoms with Crippen molar-refractivity contribution in [3.63, 3.8) is 0 Å². The first-order chi connectivity index (χ1) is 22.0. The minimum Gasteiger partial charge on any atom is -0.463 e. The van der Waals surface area contributed by atoms with Crippen LogP contribution in [0.1, 0.15) is 75.7 Å². The number of hydrogen-bond donors (Lipinski definition) is 0. The van der Waals surface area contributed by atoms with Crippen molar-refractivity contribution < 1.29 is 66.5 Å². The van der Waals surface area contributed by atoms with Crippen molar-refractivity contribution in [2.24, 2.45) is 29.1 Å². The molecule has 0 saturated carbocycles. The van der Waals surface area contributed by atoms with Crippen molar-refractivity contribution >= 4 is 23.9 Å². The fourth-order valence-corrected chi connectivity index (χ4v) is 5.61. The number of esters is 4. The van der Waals surface area contributed by atoms with Crippen LogP contribution in [0.5, 0.6) is 0 Å². The topological polar surface area (TPSA) is 161 Å². The van der Waals surface area contributed by atoms with E-state index in [1.54, 1.807) is 0 Å². The predicted molar refractivity (Wildman–Crippen MR) is 163 cm³/mol. The molecule has 12 atom stereocenters. The summed E-state index contributed by atoms with van der Waals surface area (Å²) in [4.78, 5) is 48.3. The van der Waals surface area contributed by atoms with Crippen molar-refractivity contribution in [1.82, 2.24) is 0 Å². The van der Waals surface area contributed by atoms with Crippen LogP contribution in [0.4, 0.5) is 0 Å². The molecule has 3 fully saturated rings. The van der Waals surface area contributed by atoms with Crippen LogP contribution < -0.4 is 0 Å². The van der Waals surface area contributed by atoms with Gasteiger partial charge in [0.1, 0.15) is 6.61 Å². The highest BCUT2D eigenvalue weighted by molar-refractivity contribution is 5.75. The van der Waals surface area contributed by atoms with Gasteiger partial charge in [-0.2, -0.15) is 0 Å². The van der Waals surface area contributed by atoms with Crippen LogP contribution in [0, 0.1) is 29.1 Å². The zero-order chi connectivity index (χ0) is 35.1. The summed E-state index contributed by atoms with van der Waals surface area (Å²) in [6.45, 7) is 17.8. The molecule has 3 aliphatic rings. The van der Waals surface area contributed by atoms with Gasteiger partial charge in [0, 0.05) is 38.5 Å².